The first-order chi connectivity index (χ1) is 9.99. The van der Waals surface area contributed by atoms with E-state index in [9.17, 15) is 9.59 Å². The molecule has 1 saturated heterocycles. The molecule has 2 atom stereocenters. The van der Waals surface area contributed by atoms with Gasteiger partial charge in [0.1, 0.15) is 0 Å². The minimum Gasteiger partial charge on any atom is -0.480 e. The Labute approximate surface area is 127 Å². The Kier molecular flexibility index (Phi) is 5.03. The fraction of sp³-hybridized carbons (Fsp3) is 0.429. The Morgan fingerprint density at radius 1 is 1.52 bits per heavy atom. The number of carbonyl (C=O) groups is 2. The van der Waals surface area contributed by atoms with Crippen molar-refractivity contribution in [3.63, 3.8) is 0 Å². The van der Waals surface area contributed by atoms with E-state index in [4.69, 9.17) is 21.4 Å². The van der Waals surface area contributed by atoms with Gasteiger partial charge in [0.05, 0.1) is 19.3 Å². The number of aliphatic carboxylic acids is 1. The molecule has 2 rings (SSSR count). The molecule has 114 valence electrons. The van der Waals surface area contributed by atoms with Gasteiger partial charge in [0, 0.05) is 11.6 Å². The minimum absolute atomic E-state index is 0.00823. The molecule has 6 nitrogen and oxygen atoms in total. The third-order valence-corrected chi connectivity index (χ3v) is 3.60. The Morgan fingerprint density at radius 3 is 2.95 bits per heavy atom. The van der Waals surface area contributed by atoms with E-state index in [0.29, 0.717) is 11.6 Å². The molecule has 21 heavy (non-hydrogen) atoms. The quantitative estimate of drug-likeness (QED) is 0.893. The predicted molar refractivity (Wildman–Crippen MR) is 77.3 cm³/mol. The lowest BCUT2D eigenvalue weighted by atomic mass is 10.1. The van der Waals surface area contributed by atoms with Crippen molar-refractivity contribution < 1.29 is 19.4 Å². The van der Waals surface area contributed by atoms with Crippen molar-refractivity contribution in [3.05, 3.63) is 34.9 Å². The molecule has 0 saturated carbocycles. The molecule has 1 aromatic rings. The standard InChI is InChI=1S/C14H17ClN2O4/c1-9(10-3-2-4-11(15)7-10)16-14(20)17-5-6-21-8-12(17)13(18)19/h2-4,7,9,12H,5-6,8H2,1H3,(H,16,20)(H,18,19). The summed E-state index contributed by atoms with van der Waals surface area (Å²) in [5.41, 5.74) is 0.857. The number of benzene rings is 1. The molecule has 1 heterocycles. The minimum atomic E-state index is -1.07. The zero-order valence-corrected chi connectivity index (χ0v) is 12.3. The van der Waals surface area contributed by atoms with Crippen LogP contribution in [0.2, 0.25) is 5.02 Å². The molecule has 0 spiro atoms. The molecule has 0 bridgehead atoms. The summed E-state index contributed by atoms with van der Waals surface area (Å²) in [6.07, 6.45) is 0. The van der Waals surface area contributed by atoms with Gasteiger partial charge in [-0.3, -0.25) is 0 Å². The molecular formula is C14H17ClN2O4. The van der Waals surface area contributed by atoms with Crippen LogP contribution in [0.1, 0.15) is 18.5 Å². The van der Waals surface area contributed by atoms with E-state index in [1.807, 2.05) is 13.0 Å². The maximum absolute atomic E-state index is 12.2. The van der Waals surface area contributed by atoms with Crippen LogP contribution in [0.15, 0.2) is 24.3 Å². The van der Waals surface area contributed by atoms with Gasteiger partial charge in [0.2, 0.25) is 0 Å². The van der Waals surface area contributed by atoms with Gasteiger partial charge in [-0.25, -0.2) is 9.59 Å². The number of hydrogen-bond donors (Lipinski definition) is 2. The summed E-state index contributed by atoms with van der Waals surface area (Å²) in [4.78, 5) is 24.7. The van der Waals surface area contributed by atoms with Gasteiger partial charge in [0.15, 0.2) is 6.04 Å². The summed E-state index contributed by atoms with van der Waals surface area (Å²) < 4.78 is 5.11. The first-order valence-electron chi connectivity index (χ1n) is 6.62. The second-order valence-corrected chi connectivity index (χ2v) is 5.28. The number of amides is 2. The van der Waals surface area contributed by atoms with E-state index in [-0.39, 0.29) is 19.2 Å². The summed E-state index contributed by atoms with van der Waals surface area (Å²) in [6, 6.07) is 5.53. The van der Waals surface area contributed by atoms with Crippen LogP contribution in [-0.2, 0) is 9.53 Å². The highest BCUT2D eigenvalue weighted by molar-refractivity contribution is 6.30. The van der Waals surface area contributed by atoms with Crippen LogP contribution < -0.4 is 5.32 Å². The predicted octanol–water partition coefficient (Wildman–Crippen LogP) is 1.90. The number of urea groups is 1. The molecule has 0 radical (unpaired) electrons. The van der Waals surface area contributed by atoms with Gasteiger partial charge in [-0.1, -0.05) is 23.7 Å². The Hall–Kier alpha value is -1.79. The smallest absolute Gasteiger partial charge is 0.328 e. The summed E-state index contributed by atoms with van der Waals surface area (Å²) in [7, 11) is 0. The summed E-state index contributed by atoms with van der Waals surface area (Å²) in [5, 5.41) is 12.5. The van der Waals surface area contributed by atoms with Gasteiger partial charge in [-0.05, 0) is 24.6 Å². The van der Waals surface area contributed by atoms with Crippen LogP contribution in [-0.4, -0.2) is 47.8 Å². The van der Waals surface area contributed by atoms with Crippen molar-refractivity contribution in [1.82, 2.24) is 10.2 Å². The number of morpholine rings is 1. The van der Waals surface area contributed by atoms with E-state index >= 15 is 0 Å². The van der Waals surface area contributed by atoms with Crippen molar-refractivity contribution in [2.24, 2.45) is 0 Å². The van der Waals surface area contributed by atoms with Gasteiger partial charge < -0.3 is 20.1 Å². The number of ether oxygens (including phenoxy) is 1. The molecule has 1 fully saturated rings. The monoisotopic (exact) mass is 312 g/mol. The highest BCUT2D eigenvalue weighted by Crippen LogP contribution is 2.18. The number of halogens is 1. The zero-order chi connectivity index (χ0) is 15.4. The molecule has 1 aromatic carbocycles. The number of rotatable bonds is 3. The lowest BCUT2D eigenvalue weighted by Gasteiger charge is -2.33. The summed E-state index contributed by atoms with van der Waals surface area (Å²) in [6.45, 7) is 2.42. The maximum Gasteiger partial charge on any atom is 0.328 e. The maximum atomic E-state index is 12.2. The van der Waals surface area contributed by atoms with Crippen LogP contribution in [0, 0.1) is 0 Å². The number of hydrogen-bond acceptors (Lipinski definition) is 3. The van der Waals surface area contributed by atoms with Crippen LogP contribution >= 0.6 is 11.6 Å². The lowest BCUT2D eigenvalue weighted by Crippen LogP contribution is -2.55. The molecule has 2 amide bonds. The van der Waals surface area contributed by atoms with Crippen molar-refractivity contribution in [1.29, 1.82) is 0 Å². The largest absolute Gasteiger partial charge is 0.480 e. The topological polar surface area (TPSA) is 78.9 Å². The SMILES string of the molecule is CC(NC(=O)N1CCOCC1C(=O)O)c1cccc(Cl)c1. The number of carbonyl (C=O) groups excluding carboxylic acids is 1. The van der Waals surface area contributed by atoms with Crippen LogP contribution in [0.5, 0.6) is 0 Å². The van der Waals surface area contributed by atoms with E-state index in [1.54, 1.807) is 18.2 Å². The first-order valence-corrected chi connectivity index (χ1v) is 7.00. The van der Waals surface area contributed by atoms with Gasteiger partial charge in [-0.2, -0.15) is 0 Å². The molecule has 2 unspecified atom stereocenters. The highest BCUT2D eigenvalue weighted by Gasteiger charge is 2.33. The van der Waals surface area contributed by atoms with Crippen LogP contribution in [0.3, 0.4) is 0 Å². The van der Waals surface area contributed by atoms with Crippen molar-refractivity contribution in [2.45, 2.75) is 19.0 Å². The lowest BCUT2D eigenvalue weighted by molar-refractivity contribution is -0.147. The third-order valence-electron chi connectivity index (χ3n) is 3.36. The number of carboxylic acids is 1. The van der Waals surface area contributed by atoms with Gasteiger partial charge >= 0.3 is 12.0 Å². The molecule has 1 aliphatic rings. The summed E-state index contributed by atoms with van der Waals surface area (Å²) in [5.74, 6) is -1.07. The number of carboxylic acid groups (broad SMARTS) is 1. The average Bonchev–Trinajstić information content (AvgIpc) is 2.47. The van der Waals surface area contributed by atoms with E-state index in [2.05, 4.69) is 5.32 Å². The highest BCUT2D eigenvalue weighted by atomic mass is 35.5. The zero-order valence-electron chi connectivity index (χ0n) is 11.6. The Balaban J connectivity index is 2.04. The van der Waals surface area contributed by atoms with E-state index < -0.39 is 18.0 Å². The van der Waals surface area contributed by atoms with Crippen molar-refractivity contribution in [2.75, 3.05) is 19.8 Å². The van der Waals surface area contributed by atoms with Crippen LogP contribution in [0.4, 0.5) is 4.79 Å². The second-order valence-electron chi connectivity index (χ2n) is 4.85. The van der Waals surface area contributed by atoms with E-state index in [1.165, 1.54) is 4.90 Å². The van der Waals surface area contributed by atoms with Crippen LogP contribution in [0.25, 0.3) is 0 Å². The Bertz CT molecular complexity index is 537. The molecule has 1 aliphatic heterocycles. The fourth-order valence-electron chi connectivity index (χ4n) is 2.18. The average molecular weight is 313 g/mol. The van der Waals surface area contributed by atoms with Gasteiger partial charge in [-0.15, -0.1) is 0 Å². The second kappa shape index (κ2) is 6.78. The molecule has 0 aromatic heterocycles. The Morgan fingerprint density at radius 2 is 2.29 bits per heavy atom. The van der Waals surface area contributed by atoms with Crippen molar-refractivity contribution >= 4 is 23.6 Å². The molecule has 7 heteroatoms. The molecular weight excluding hydrogens is 296 g/mol. The van der Waals surface area contributed by atoms with Crippen molar-refractivity contribution in [3.8, 4) is 0 Å². The molecule has 2 N–H and O–H groups in total. The van der Waals surface area contributed by atoms with E-state index in [0.717, 1.165) is 5.56 Å². The van der Waals surface area contributed by atoms with Gasteiger partial charge in [0.25, 0.3) is 0 Å². The fourth-order valence-corrected chi connectivity index (χ4v) is 2.38. The molecule has 0 aliphatic carbocycles. The number of nitrogens with zero attached hydrogens (tertiary/aromatic N) is 1. The first kappa shape index (κ1) is 15.6. The number of nitrogens with one attached hydrogen (secondary N) is 1. The third kappa shape index (κ3) is 3.86. The summed E-state index contributed by atoms with van der Waals surface area (Å²) >= 11 is 5.92. The normalized spacial score (nSPS) is 19.9.